The van der Waals surface area contributed by atoms with E-state index in [1.54, 1.807) is 13.8 Å². The number of aryl methyl sites for hydroxylation is 1. The maximum Gasteiger partial charge on any atom is 0.175 e. The van der Waals surface area contributed by atoms with Gasteiger partial charge in [0.25, 0.3) is 0 Å². The molecule has 3 nitrogen and oxygen atoms in total. The number of carbonyl (C=O) groups is 1. The fourth-order valence-corrected chi connectivity index (χ4v) is 3.82. The monoisotopic (exact) mass is 422 g/mol. The second-order valence-electron chi connectivity index (χ2n) is 7.65. The molecular formula is C27H35FN2O. The number of rotatable bonds is 5. The highest BCUT2D eigenvalue weighted by molar-refractivity contribution is 5.93. The minimum Gasteiger partial charge on any atom is -0.370 e. The van der Waals surface area contributed by atoms with Crippen molar-refractivity contribution in [3.63, 3.8) is 0 Å². The summed E-state index contributed by atoms with van der Waals surface area (Å²) in [5, 5.41) is 0. The molecule has 0 aliphatic carbocycles. The predicted octanol–water partition coefficient (Wildman–Crippen LogP) is 6.40. The molecule has 2 aliphatic rings. The zero-order chi connectivity index (χ0) is 23.1. The first kappa shape index (κ1) is 24.4. The van der Waals surface area contributed by atoms with Crippen LogP contribution in [0.1, 0.15) is 52.2 Å². The Kier molecular flexibility index (Phi) is 8.61. The quantitative estimate of drug-likeness (QED) is 0.513. The summed E-state index contributed by atoms with van der Waals surface area (Å²) in [5.41, 5.74) is 5.50. The molecule has 0 spiro atoms. The molecule has 0 fully saturated rings. The smallest absolute Gasteiger partial charge is 0.175 e. The van der Waals surface area contributed by atoms with Crippen molar-refractivity contribution in [2.75, 3.05) is 13.6 Å². The molecule has 1 aromatic carbocycles. The van der Waals surface area contributed by atoms with Gasteiger partial charge in [-0.25, -0.2) is 4.39 Å². The summed E-state index contributed by atoms with van der Waals surface area (Å²) in [7, 11) is 2.04. The number of hydrogen-bond donors (Lipinski definition) is 0. The summed E-state index contributed by atoms with van der Waals surface area (Å²) in [4.78, 5) is 16.5. The molecule has 31 heavy (non-hydrogen) atoms. The fourth-order valence-electron chi connectivity index (χ4n) is 3.82. The molecule has 2 aliphatic heterocycles. The molecule has 0 bridgehead atoms. The average molecular weight is 423 g/mol. The van der Waals surface area contributed by atoms with Crippen LogP contribution in [0.4, 0.5) is 4.39 Å². The van der Waals surface area contributed by atoms with E-state index in [4.69, 9.17) is 0 Å². The number of allylic oxidation sites excluding steroid dienone is 6. The van der Waals surface area contributed by atoms with Gasteiger partial charge in [0.15, 0.2) is 5.78 Å². The van der Waals surface area contributed by atoms with E-state index >= 15 is 0 Å². The first-order valence-electron chi connectivity index (χ1n) is 11.1. The van der Waals surface area contributed by atoms with Gasteiger partial charge in [-0.3, -0.25) is 4.79 Å². The van der Waals surface area contributed by atoms with Gasteiger partial charge in [-0.2, -0.15) is 0 Å². The first-order chi connectivity index (χ1) is 14.8. The van der Waals surface area contributed by atoms with E-state index < -0.39 is 0 Å². The van der Waals surface area contributed by atoms with Crippen LogP contribution >= 0.6 is 0 Å². The van der Waals surface area contributed by atoms with Gasteiger partial charge in [0.1, 0.15) is 5.82 Å². The lowest BCUT2D eigenvalue weighted by Gasteiger charge is -2.33. The van der Waals surface area contributed by atoms with Crippen LogP contribution in [-0.4, -0.2) is 35.2 Å². The van der Waals surface area contributed by atoms with Crippen molar-refractivity contribution in [1.29, 1.82) is 0 Å². The highest BCUT2D eigenvalue weighted by atomic mass is 19.1. The molecule has 0 amide bonds. The molecule has 0 saturated carbocycles. The molecule has 1 atom stereocenters. The summed E-state index contributed by atoms with van der Waals surface area (Å²) in [6.07, 6.45) is 13.3. The van der Waals surface area contributed by atoms with Gasteiger partial charge in [-0.15, -0.1) is 0 Å². The van der Waals surface area contributed by atoms with E-state index in [1.807, 2.05) is 50.9 Å². The van der Waals surface area contributed by atoms with Gasteiger partial charge >= 0.3 is 0 Å². The summed E-state index contributed by atoms with van der Waals surface area (Å²) in [6, 6.07) is 5.35. The summed E-state index contributed by atoms with van der Waals surface area (Å²) in [5.74, 6) is -0.137. The van der Waals surface area contributed by atoms with E-state index in [-0.39, 0.29) is 17.6 Å². The number of nitrogens with zero attached hydrogens (tertiary/aromatic N) is 2. The molecule has 0 radical (unpaired) electrons. The standard InChI is InChI=1S/C25H29FN2O.C2H6/c1-6-8-24(19(4)29)28-16-21(11-10-18(28)3)22-9-7-14-27(5)25(22)20-12-13-23(26)17(2)15-20;1-2/h7-13,15-16,18H,6,14H2,1-5H3;1-2H3/b24-8-;. The number of halogens is 1. The van der Waals surface area contributed by atoms with Crippen LogP contribution < -0.4 is 0 Å². The van der Waals surface area contributed by atoms with Crippen molar-refractivity contribution >= 4 is 11.5 Å². The Hall–Kier alpha value is -2.88. The Morgan fingerprint density at radius 1 is 1.26 bits per heavy atom. The number of ketones is 1. The largest absolute Gasteiger partial charge is 0.370 e. The minimum absolute atomic E-state index is 0.0595. The van der Waals surface area contributed by atoms with E-state index in [0.717, 1.165) is 41.1 Å². The molecule has 3 rings (SSSR count). The van der Waals surface area contributed by atoms with Crippen LogP contribution in [0.25, 0.3) is 5.70 Å². The highest BCUT2D eigenvalue weighted by Crippen LogP contribution is 2.34. The van der Waals surface area contributed by atoms with Crippen LogP contribution in [0.15, 0.2) is 71.6 Å². The maximum absolute atomic E-state index is 13.8. The lowest BCUT2D eigenvalue weighted by Crippen LogP contribution is -2.32. The lowest BCUT2D eigenvalue weighted by molar-refractivity contribution is -0.114. The topological polar surface area (TPSA) is 23.6 Å². The van der Waals surface area contributed by atoms with E-state index in [9.17, 15) is 9.18 Å². The SMILES string of the molecule is CC.CC/C=C(/C(C)=O)N1C=C(C2=C(c3ccc(F)c(C)c3)N(C)CC=C2)C=CC1C. The zero-order valence-electron chi connectivity index (χ0n) is 19.9. The molecule has 166 valence electrons. The van der Waals surface area contributed by atoms with Crippen LogP contribution in [0.2, 0.25) is 0 Å². The third-order valence-electron chi connectivity index (χ3n) is 5.35. The predicted molar refractivity (Wildman–Crippen MR) is 129 cm³/mol. The van der Waals surface area contributed by atoms with Gasteiger partial charge in [-0.05, 0) is 55.2 Å². The summed E-state index contributed by atoms with van der Waals surface area (Å²) in [6.45, 7) is 12.3. The van der Waals surface area contributed by atoms with Gasteiger partial charge in [0.05, 0.1) is 11.4 Å². The second-order valence-corrected chi connectivity index (χ2v) is 7.65. The Labute approximate surface area is 186 Å². The summed E-state index contributed by atoms with van der Waals surface area (Å²) < 4.78 is 13.8. The van der Waals surface area contributed by atoms with Crippen LogP contribution in [0.3, 0.4) is 0 Å². The van der Waals surface area contributed by atoms with E-state index in [1.165, 1.54) is 6.07 Å². The number of carbonyl (C=O) groups excluding carboxylic acids is 1. The average Bonchev–Trinajstić information content (AvgIpc) is 2.76. The van der Waals surface area contributed by atoms with Crippen molar-refractivity contribution in [1.82, 2.24) is 9.80 Å². The Bertz CT molecular complexity index is 965. The Morgan fingerprint density at radius 2 is 1.97 bits per heavy atom. The Balaban J connectivity index is 0.00000166. The van der Waals surface area contributed by atoms with Crippen molar-refractivity contribution in [2.45, 2.75) is 54.0 Å². The van der Waals surface area contributed by atoms with Crippen molar-refractivity contribution in [2.24, 2.45) is 0 Å². The van der Waals surface area contributed by atoms with E-state index in [0.29, 0.717) is 5.56 Å². The minimum atomic E-state index is -0.197. The van der Waals surface area contributed by atoms with Crippen LogP contribution in [0, 0.1) is 12.7 Å². The number of benzene rings is 1. The highest BCUT2D eigenvalue weighted by Gasteiger charge is 2.24. The first-order valence-corrected chi connectivity index (χ1v) is 11.1. The molecule has 2 heterocycles. The third-order valence-corrected chi connectivity index (χ3v) is 5.35. The normalized spacial score (nSPS) is 18.6. The molecule has 1 aromatic rings. The van der Waals surface area contributed by atoms with Crippen molar-refractivity contribution < 1.29 is 9.18 Å². The Morgan fingerprint density at radius 3 is 2.58 bits per heavy atom. The number of Topliss-reactive ketones (excluding diaryl/α,β-unsaturated/α-hetero) is 1. The van der Waals surface area contributed by atoms with Crippen LogP contribution in [0.5, 0.6) is 0 Å². The molecule has 4 heteroatoms. The van der Waals surface area contributed by atoms with Gasteiger partial charge < -0.3 is 9.80 Å². The molecule has 0 N–H and O–H groups in total. The van der Waals surface area contributed by atoms with Gasteiger partial charge in [0, 0.05) is 38.3 Å². The molecule has 1 unspecified atom stereocenters. The second kappa shape index (κ2) is 10.9. The summed E-state index contributed by atoms with van der Waals surface area (Å²) >= 11 is 0. The number of likely N-dealkylation sites (N-methyl/N-ethyl adjacent to an activating group) is 1. The fraction of sp³-hybridized carbons (Fsp3) is 0.370. The van der Waals surface area contributed by atoms with Crippen LogP contribution in [-0.2, 0) is 4.79 Å². The van der Waals surface area contributed by atoms with E-state index in [2.05, 4.69) is 42.3 Å². The molecule has 0 aromatic heterocycles. The van der Waals surface area contributed by atoms with Crippen molar-refractivity contribution in [3.8, 4) is 0 Å². The van der Waals surface area contributed by atoms with Gasteiger partial charge in [-0.1, -0.05) is 51.2 Å². The maximum atomic E-state index is 13.8. The van der Waals surface area contributed by atoms with Gasteiger partial charge in [0.2, 0.25) is 0 Å². The molecular weight excluding hydrogens is 387 g/mol. The third kappa shape index (κ3) is 5.43. The zero-order valence-corrected chi connectivity index (χ0v) is 19.9. The molecule has 0 saturated heterocycles. The van der Waals surface area contributed by atoms with Crippen molar-refractivity contribution in [3.05, 3.63) is 88.6 Å². The lowest BCUT2D eigenvalue weighted by atomic mass is 9.93. The number of hydrogen-bond acceptors (Lipinski definition) is 3.